The molecule has 0 unspecified atom stereocenters. The summed E-state index contributed by atoms with van der Waals surface area (Å²) in [7, 11) is 0. The van der Waals surface area contributed by atoms with Crippen molar-refractivity contribution < 1.29 is 15.2 Å². The highest BCUT2D eigenvalue weighted by Crippen LogP contribution is 2.42. The topological polar surface area (TPSA) is 55.5 Å². The molecule has 0 bridgehead atoms. The Morgan fingerprint density at radius 3 is 1.04 bits per heavy atom. The highest BCUT2D eigenvalue weighted by atomic mass is 16.5. The van der Waals surface area contributed by atoms with E-state index in [0.29, 0.717) is 0 Å². The number of ether oxygens (including phenoxy) is 1. The van der Waals surface area contributed by atoms with Crippen LogP contribution in [0.1, 0.15) is 81.1 Å². The van der Waals surface area contributed by atoms with E-state index in [1.54, 1.807) is 0 Å². The van der Waals surface area contributed by atoms with Gasteiger partial charge in [0.1, 0.15) is 0 Å². The Labute approximate surface area is 141 Å². The minimum atomic E-state index is -0.420. The molecule has 2 aliphatic rings. The maximum absolute atomic E-state index is 12.5. The lowest BCUT2D eigenvalue weighted by Crippen LogP contribution is -2.62. The lowest BCUT2D eigenvalue weighted by molar-refractivity contribution is -0.319. The standard InChI is InChI=1S/C18H34N2O3/c1-15(2)9-13(10-16(3,4)19(15)21)23-14-11-17(5,6)20(22)18(7,8)12-14/h13-14H,9-12H2,1-8H3. The first-order valence-corrected chi connectivity index (χ1v) is 8.78. The van der Waals surface area contributed by atoms with Gasteiger partial charge >= 0.3 is 0 Å². The number of nitrogens with zero attached hydrogens (tertiary/aromatic N) is 2. The molecule has 0 aliphatic carbocycles. The predicted molar refractivity (Wildman–Crippen MR) is 88.5 cm³/mol. The fourth-order valence-electron chi connectivity index (χ4n) is 4.81. The molecule has 5 heteroatoms. The summed E-state index contributed by atoms with van der Waals surface area (Å²) in [5.74, 6) is 0. The molecule has 0 saturated carbocycles. The van der Waals surface area contributed by atoms with Crippen LogP contribution in [-0.4, -0.2) is 44.5 Å². The Morgan fingerprint density at radius 1 is 0.609 bits per heavy atom. The van der Waals surface area contributed by atoms with E-state index in [1.165, 1.54) is 10.1 Å². The Morgan fingerprint density at radius 2 is 0.826 bits per heavy atom. The van der Waals surface area contributed by atoms with Crippen molar-refractivity contribution in [2.45, 2.75) is 115 Å². The van der Waals surface area contributed by atoms with E-state index in [0.717, 1.165) is 25.7 Å². The van der Waals surface area contributed by atoms with Gasteiger partial charge in [0.2, 0.25) is 0 Å². The molecule has 0 spiro atoms. The van der Waals surface area contributed by atoms with Crippen LogP contribution in [0.15, 0.2) is 0 Å². The minimum absolute atomic E-state index is 0.0694. The lowest BCUT2D eigenvalue weighted by Gasteiger charge is -2.53. The van der Waals surface area contributed by atoms with E-state index in [4.69, 9.17) is 4.74 Å². The molecule has 0 atom stereocenters. The van der Waals surface area contributed by atoms with Crippen LogP contribution >= 0.6 is 0 Å². The second-order valence-electron chi connectivity index (χ2n) is 10.0. The van der Waals surface area contributed by atoms with Crippen LogP contribution < -0.4 is 0 Å². The summed E-state index contributed by atoms with van der Waals surface area (Å²) in [6, 6.07) is 0. The highest BCUT2D eigenvalue weighted by molar-refractivity contribution is 5.00. The smallest absolute Gasteiger partial charge is 0.0615 e. The summed E-state index contributed by atoms with van der Waals surface area (Å²) in [6.07, 6.45) is 3.08. The molecule has 2 radical (unpaired) electrons. The Kier molecular flexibility index (Phi) is 4.71. The molecule has 23 heavy (non-hydrogen) atoms. The normalized spacial score (nSPS) is 32.1. The van der Waals surface area contributed by atoms with Crippen molar-refractivity contribution >= 4 is 0 Å². The first kappa shape index (κ1) is 19.1. The second kappa shape index (κ2) is 5.67. The molecule has 2 saturated heterocycles. The van der Waals surface area contributed by atoms with Crippen molar-refractivity contribution in [3.05, 3.63) is 0 Å². The molecular weight excluding hydrogens is 292 g/mol. The minimum Gasteiger partial charge on any atom is -0.375 e. The zero-order chi connectivity index (χ0) is 17.8. The number of hydroxylamine groups is 4. The van der Waals surface area contributed by atoms with E-state index in [9.17, 15) is 10.4 Å². The Hall–Kier alpha value is -0.200. The summed E-state index contributed by atoms with van der Waals surface area (Å²) in [5, 5.41) is 27.4. The summed E-state index contributed by atoms with van der Waals surface area (Å²) in [5.41, 5.74) is -1.68. The van der Waals surface area contributed by atoms with E-state index >= 15 is 0 Å². The van der Waals surface area contributed by atoms with Gasteiger partial charge in [-0.25, -0.2) is 0 Å². The quantitative estimate of drug-likeness (QED) is 0.777. The first-order chi connectivity index (χ1) is 10.2. The molecule has 2 rings (SSSR count). The number of piperidine rings is 2. The van der Waals surface area contributed by atoms with Gasteiger partial charge in [0, 0.05) is 22.2 Å². The third-order valence-electron chi connectivity index (χ3n) is 5.49. The van der Waals surface area contributed by atoms with Crippen LogP contribution in [0.5, 0.6) is 0 Å². The SMILES string of the molecule is CC1(C)CC(OC2CC(C)(C)N([O])C(C)(C)C2)CC(C)(C)N1[O]. The summed E-state index contributed by atoms with van der Waals surface area (Å²) in [6.45, 7) is 15.9. The zero-order valence-corrected chi connectivity index (χ0v) is 16.1. The summed E-state index contributed by atoms with van der Waals surface area (Å²) >= 11 is 0. The van der Waals surface area contributed by atoms with Crippen molar-refractivity contribution in [1.82, 2.24) is 10.1 Å². The van der Waals surface area contributed by atoms with Gasteiger partial charge in [0.15, 0.2) is 0 Å². The number of hydrogen-bond donors (Lipinski definition) is 0. The van der Waals surface area contributed by atoms with Gasteiger partial charge < -0.3 is 4.74 Å². The molecule has 2 aliphatic heterocycles. The van der Waals surface area contributed by atoms with Crippen LogP contribution in [0.25, 0.3) is 0 Å². The highest BCUT2D eigenvalue weighted by Gasteiger charge is 2.50. The maximum atomic E-state index is 12.5. The van der Waals surface area contributed by atoms with Crippen LogP contribution in [0.2, 0.25) is 0 Å². The maximum Gasteiger partial charge on any atom is 0.0615 e. The number of hydrogen-bond acceptors (Lipinski definition) is 3. The molecule has 5 nitrogen and oxygen atoms in total. The van der Waals surface area contributed by atoms with Gasteiger partial charge in [-0.1, -0.05) is 0 Å². The van der Waals surface area contributed by atoms with E-state index in [-0.39, 0.29) is 12.2 Å². The molecule has 0 aromatic rings. The molecular formula is C18H34N2O3. The fraction of sp³-hybridized carbons (Fsp3) is 1.00. The molecule has 0 aromatic heterocycles. The second-order valence-corrected chi connectivity index (χ2v) is 10.0. The van der Waals surface area contributed by atoms with Gasteiger partial charge in [0.05, 0.1) is 12.2 Å². The molecule has 0 N–H and O–H groups in total. The van der Waals surface area contributed by atoms with Crippen molar-refractivity contribution in [3.8, 4) is 0 Å². The van der Waals surface area contributed by atoms with E-state index in [2.05, 4.69) is 0 Å². The average molecular weight is 326 g/mol. The summed E-state index contributed by atoms with van der Waals surface area (Å²) in [4.78, 5) is 0. The average Bonchev–Trinajstić information content (AvgIpc) is 2.31. The Bertz CT molecular complexity index is 370. The Balaban J connectivity index is 2.10. The van der Waals surface area contributed by atoms with Gasteiger partial charge in [0.25, 0.3) is 0 Å². The third-order valence-corrected chi connectivity index (χ3v) is 5.49. The van der Waals surface area contributed by atoms with Crippen LogP contribution in [-0.2, 0) is 15.2 Å². The third kappa shape index (κ3) is 3.74. The largest absolute Gasteiger partial charge is 0.375 e. The monoisotopic (exact) mass is 326 g/mol. The van der Waals surface area contributed by atoms with E-state index < -0.39 is 22.2 Å². The van der Waals surface area contributed by atoms with Gasteiger partial charge in [-0.15, -0.1) is 20.5 Å². The van der Waals surface area contributed by atoms with Crippen molar-refractivity contribution in [3.63, 3.8) is 0 Å². The molecule has 134 valence electrons. The van der Waals surface area contributed by atoms with Crippen LogP contribution in [0.3, 0.4) is 0 Å². The van der Waals surface area contributed by atoms with Crippen LogP contribution in [0, 0.1) is 0 Å². The molecule has 0 amide bonds. The first-order valence-electron chi connectivity index (χ1n) is 8.78. The van der Waals surface area contributed by atoms with Crippen LogP contribution in [0.4, 0.5) is 0 Å². The zero-order valence-electron chi connectivity index (χ0n) is 16.1. The fourth-order valence-corrected chi connectivity index (χ4v) is 4.81. The lowest BCUT2D eigenvalue weighted by atomic mass is 9.78. The predicted octanol–water partition coefficient (Wildman–Crippen LogP) is 3.74. The van der Waals surface area contributed by atoms with Gasteiger partial charge in [-0.2, -0.15) is 0 Å². The summed E-state index contributed by atoms with van der Waals surface area (Å²) < 4.78 is 6.44. The van der Waals surface area contributed by atoms with Gasteiger partial charge in [-0.05, 0) is 81.1 Å². The van der Waals surface area contributed by atoms with Crippen molar-refractivity contribution in [2.75, 3.05) is 0 Å². The molecule has 0 aromatic carbocycles. The van der Waals surface area contributed by atoms with Gasteiger partial charge in [-0.3, -0.25) is 0 Å². The van der Waals surface area contributed by atoms with Crippen molar-refractivity contribution in [2.24, 2.45) is 0 Å². The van der Waals surface area contributed by atoms with Crippen molar-refractivity contribution in [1.29, 1.82) is 0 Å². The molecule has 2 heterocycles. The van der Waals surface area contributed by atoms with E-state index in [1.807, 2.05) is 55.4 Å². The molecule has 2 fully saturated rings. The number of rotatable bonds is 2.